The molecule has 11 heteroatoms. The van der Waals surface area contributed by atoms with Crippen LogP contribution in [0.2, 0.25) is 0 Å². The summed E-state index contributed by atoms with van der Waals surface area (Å²) in [6.07, 6.45) is -1.27. The zero-order valence-electron chi connectivity index (χ0n) is 17.6. The molecule has 172 valence electrons. The molecule has 1 aromatic carbocycles. The van der Waals surface area contributed by atoms with Gasteiger partial charge in [-0.1, -0.05) is 0 Å². The number of halogens is 1. The molecule has 1 heterocycles. The van der Waals surface area contributed by atoms with Gasteiger partial charge in [0.1, 0.15) is 5.82 Å². The third-order valence-electron chi connectivity index (χ3n) is 4.59. The fourth-order valence-corrected chi connectivity index (χ4v) is 3.83. The third kappa shape index (κ3) is 7.30. The number of hydrogen-bond donors (Lipinski definition) is 4. The van der Waals surface area contributed by atoms with E-state index < -0.39 is 40.4 Å². The number of nitrogens with zero attached hydrogens (tertiary/aromatic N) is 2. The Hall–Kier alpha value is -2.50. The van der Waals surface area contributed by atoms with Crippen molar-refractivity contribution in [3.05, 3.63) is 35.8 Å². The lowest BCUT2D eigenvalue weighted by molar-refractivity contribution is -0.139. The number of benzene rings is 1. The van der Waals surface area contributed by atoms with E-state index >= 15 is 0 Å². The van der Waals surface area contributed by atoms with E-state index in [-0.39, 0.29) is 31.3 Å². The topological polar surface area (TPSA) is 142 Å². The number of anilines is 1. The molecule has 0 spiro atoms. The molecule has 0 radical (unpaired) electrons. The van der Waals surface area contributed by atoms with Crippen LogP contribution < -0.4 is 4.72 Å². The fourth-order valence-electron chi connectivity index (χ4n) is 3.36. The van der Waals surface area contributed by atoms with Crippen molar-refractivity contribution in [2.75, 3.05) is 11.0 Å². The molecule has 2 aromatic rings. The normalized spacial score (nSPS) is 13.9. The summed E-state index contributed by atoms with van der Waals surface area (Å²) in [5, 5.41) is 28.8. The van der Waals surface area contributed by atoms with Gasteiger partial charge in [0.2, 0.25) is 16.0 Å². The number of aliphatic hydroxyl groups excluding tert-OH is 2. The number of carboxylic acids is 1. The number of aromatic nitrogens is 2. The van der Waals surface area contributed by atoms with Crippen molar-refractivity contribution in [3.8, 4) is 11.3 Å². The first-order valence-corrected chi connectivity index (χ1v) is 11.7. The molecule has 0 aliphatic rings. The standard InChI is InChI=1S/C20H28FN3O6S/c1-12(2)24-17(9-8-15(25)10-16(26)11-18(27)28)19(13-4-6-14(21)7-5-13)22-20(24)23-31(3,29)30/h4-7,12,15-16,25-26H,8-11H2,1-3H3,(H,22,23)(H,27,28). The van der Waals surface area contributed by atoms with E-state index in [2.05, 4.69) is 9.71 Å². The molecule has 2 rings (SSSR count). The van der Waals surface area contributed by atoms with E-state index in [0.29, 0.717) is 17.0 Å². The number of carbonyl (C=O) groups is 1. The van der Waals surface area contributed by atoms with Crippen LogP contribution in [0.5, 0.6) is 0 Å². The predicted molar refractivity (Wildman–Crippen MR) is 114 cm³/mol. The maximum Gasteiger partial charge on any atom is 0.305 e. The average molecular weight is 458 g/mol. The van der Waals surface area contributed by atoms with Crippen LogP contribution in [-0.2, 0) is 21.2 Å². The van der Waals surface area contributed by atoms with Crippen LogP contribution >= 0.6 is 0 Å². The Balaban J connectivity index is 2.39. The molecule has 0 bridgehead atoms. The van der Waals surface area contributed by atoms with Gasteiger partial charge in [-0.3, -0.25) is 9.52 Å². The highest BCUT2D eigenvalue weighted by molar-refractivity contribution is 7.92. The Morgan fingerprint density at radius 3 is 2.32 bits per heavy atom. The van der Waals surface area contributed by atoms with Crippen LogP contribution in [-0.4, -0.2) is 57.7 Å². The van der Waals surface area contributed by atoms with E-state index in [0.717, 1.165) is 6.26 Å². The molecule has 0 saturated heterocycles. The minimum Gasteiger partial charge on any atom is -0.481 e. The lowest BCUT2D eigenvalue weighted by Crippen LogP contribution is -2.22. The summed E-state index contributed by atoms with van der Waals surface area (Å²) >= 11 is 0. The molecule has 0 saturated carbocycles. The van der Waals surface area contributed by atoms with Crippen LogP contribution in [0.15, 0.2) is 24.3 Å². The maximum atomic E-state index is 13.4. The first-order valence-electron chi connectivity index (χ1n) is 9.80. The predicted octanol–water partition coefficient (Wildman–Crippen LogP) is 2.16. The second-order valence-electron chi connectivity index (χ2n) is 7.76. The van der Waals surface area contributed by atoms with Gasteiger partial charge in [-0.2, -0.15) is 0 Å². The number of hydrogen-bond acceptors (Lipinski definition) is 6. The molecule has 0 aliphatic carbocycles. The second-order valence-corrected chi connectivity index (χ2v) is 9.50. The minimum absolute atomic E-state index is 0.104. The molecular formula is C20H28FN3O6S. The Kier molecular flexibility index (Phi) is 8.15. The van der Waals surface area contributed by atoms with Crippen LogP contribution in [0.1, 0.15) is 44.8 Å². The molecule has 0 aliphatic heterocycles. The molecular weight excluding hydrogens is 429 g/mol. The number of carboxylic acid groups (broad SMARTS) is 1. The quantitative estimate of drug-likeness (QED) is 0.405. The fraction of sp³-hybridized carbons (Fsp3) is 0.500. The van der Waals surface area contributed by atoms with Crippen molar-refractivity contribution < 1.29 is 32.9 Å². The van der Waals surface area contributed by atoms with Crippen molar-refractivity contribution >= 4 is 21.9 Å². The largest absolute Gasteiger partial charge is 0.481 e. The van der Waals surface area contributed by atoms with Crippen LogP contribution in [0.4, 0.5) is 10.3 Å². The molecule has 0 amide bonds. The molecule has 9 nitrogen and oxygen atoms in total. The summed E-state index contributed by atoms with van der Waals surface area (Å²) in [7, 11) is -3.62. The van der Waals surface area contributed by atoms with Gasteiger partial charge in [0.05, 0.1) is 30.6 Å². The monoisotopic (exact) mass is 457 g/mol. The first-order chi connectivity index (χ1) is 14.4. The van der Waals surface area contributed by atoms with Gasteiger partial charge in [-0.05, 0) is 57.4 Å². The van der Waals surface area contributed by atoms with Gasteiger partial charge in [0.25, 0.3) is 0 Å². The number of aliphatic hydroxyl groups is 2. The summed E-state index contributed by atoms with van der Waals surface area (Å²) in [6.45, 7) is 3.69. The number of aliphatic carboxylic acids is 1. The Morgan fingerprint density at radius 2 is 1.81 bits per heavy atom. The van der Waals surface area contributed by atoms with E-state index in [9.17, 15) is 27.8 Å². The second kappa shape index (κ2) is 10.2. The zero-order valence-corrected chi connectivity index (χ0v) is 18.4. The summed E-state index contributed by atoms with van der Waals surface area (Å²) in [5.41, 5.74) is 1.64. The zero-order chi connectivity index (χ0) is 23.3. The third-order valence-corrected chi connectivity index (χ3v) is 5.14. The van der Waals surface area contributed by atoms with Crippen LogP contribution in [0.3, 0.4) is 0 Å². The van der Waals surface area contributed by atoms with Crippen molar-refractivity contribution in [1.29, 1.82) is 0 Å². The highest BCUT2D eigenvalue weighted by Gasteiger charge is 2.23. The Labute approximate surface area is 180 Å². The molecule has 1 aromatic heterocycles. The van der Waals surface area contributed by atoms with Crippen LogP contribution in [0.25, 0.3) is 11.3 Å². The van der Waals surface area contributed by atoms with Gasteiger partial charge in [0, 0.05) is 17.3 Å². The number of rotatable bonds is 11. The van der Waals surface area contributed by atoms with Crippen molar-refractivity contribution in [2.45, 2.75) is 57.8 Å². The molecule has 31 heavy (non-hydrogen) atoms. The molecule has 2 unspecified atom stereocenters. The maximum absolute atomic E-state index is 13.4. The number of imidazole rings is 1. The average Bonchev–Trinajstić information content (AvgIpc) is 2.96. The van der Waals surface area contributed by atoms with Gasteiger partial charge >= 0.3 is 5.97 Å². The van der Waals surface area contributed by atoms with Gasteiger partial charge in [0.15, 0.2) is 0 Å². The molecule has 4 N–H and O–H groups in total. The summed E-state index contributed by atoms with van der Waals surface area (Å²) in [5.74, 6) is -1.48. The molecule has 2 atom stereocenters. The van der Waals surface area contributed by atoms with Crippen molar-refractivity contribution in [1.82, 2.24) is 9.55 Å². The number of sulfonamides is 1. The summed E-state index contributed by atoms with van der Waals surface area (Å²) < 4.78 is 41.1. The van der Waals surface area contributed by atoms with E-state index in [1.54, 1.807) is 4.57 Å². The minimum atomic E-state index is -3.62. The lowest BCUT2D eigenvalue weighted by atomic mass is 10.0. The van der Waals surface area contributed by atoms with Crippen molar-refractivity contribution in [3.63, 3.8) is 0 Å². The highest BCUT2D eigenvalue weighted by atomic mass is 32.2. The SMILES string of the molecule is CC(C)n1c(NS(C)(=O)=O)nc(-c2ccc(F)cc2)c1CCC(O)CC(O)CC(=O)O. The van der Waals surface area contributed by atoms with Gasteiger partial charge < -0.3 is 19.9 Å². The smallest absolute Gasteiger partial charge is 0.305 e. The summed E-state index contributed by atoms with van der Waals surface area (Å²) in [4.78, 5) is 15.1. The van der Waals surface area contributed by atoms with E-state index in [1.807, 2.05) is 13.8 Å². The van der Waals surface area contributed by atoms with Crippen LogP contribution in [0, 0.1) is 5.82 Å². The van der Waals surface area contributed by atoms with E-state index in [4.69, 9.17) is 5.11 Å². The number of nitrogens with one attached hydrogen (secondary N) is 1. The Bertz CT molecular complexity index is 1000. The summed E-state index contributed by atoms with van der Waals surface area (Å²) in [6, 6.07) is 5.42. The van der Waals surface area contributed by atoms with E-state index in [1.165, 1.54) is 24.3 Å². The lowest BCUT2D eigenvalue weighted by Gasteiger charge is -2.18. The van der Waals surface area contributed by atoms with Crippen molar-refractivity contribution in [2.24, 2.45) is 0 Å². The Morgan fingerprint density at radius 1 is 1.19 bits per heavy atom. The molecule has 0 fully saturated rings. The highest BCUT2D eigenvalue weighted by Crippen LogP contribution is 2.31. The van der Waals surface area contributed by atoms with Gasteiger partial charge in [-0.25, -0.2) is 17.8 Å². The van der Waals surface area contributed by atoms with Gasteiger partial charge in [-0.15, -0.1) is 0 Å². The first kappa shape index (κ1) is 24.8.